The van der Waals surface area contributed by atoms with Gasteiger partial charge < -0.3 is 15.4 Å². The number of fused-ring (bicyclic) bond motifs is 1. The summed E-state index contributed by atoms with van der Waals surface area (Å²) < 4.78 is 5.24. The van der Waals surface area contributed by atoms with E-state index in [1.165, 1.54) is 5.56 Å². The summed E-state index contributed by atoms with van der Waals surface area (Å²) in [4.78, 5) is 24.5. The van der Waals surface area contributed by atoms with Crippen molar-refractivity contribution in [2.45, 2.75) is 18.1 Å². The lowest BCUT2D eigenvalue weighted by Gasteiger charge is -2.25. The number of nitrogens with one attached hydrogen (secondary N) is 2. The maximum atomic E-state index is 12.6. The van der Waals surface area contributed by atoms with Crippen LogP contribution in [0.4, 0.5) is 5.69 Å². The Morgan fingerprint density at radius 3 is 2.85 bits per heavy atom. The minimum absolute atomic E-state index is 0.116. The first-order chi connectivity index (χ1) is 12.7. The van der Waals surface area contributed by atoms with Gasteiger partial charge in [-0.3, -0.25) is 9.59 Å². The molecule has 2 N–H and O–H groups in total. The number of thioether (sulfide) groups is 1. The van der Waals surface area contributed by atoms with Gasteiger partial charge in [0.25, 0.3) is 0 Å². The molecule has 0 saturated heterocycles. The van der Waals surface area contributed by atoms with Crippen LogP contribution < -0.4 is 15.4 Å². The summed E-state index contributed by atoms with van der Waals surface area (Å²) in [6.45, 7) is 0.577. The van der Waals surface area contributed by atoms with Crippen molar-refractivity contribution in [3.8, 4) is 5.75 Å². The Morgan fingerprint density at radius 2 is 2.08 bits per heavy atom. The Labute approximate surface area is 157 Å². The smallest absolute Gasteiger partial charge is 0.228 e. The van der Waals surface area contributed by atoms with E-state index in [2.05, 4.69) is 22.8 Å². The van der Waals surface area contributed by atoms with Gasteiger partial charge in [-0.05, 0) is 29.3 Å². The van der Waals surface area contributed by atoms with Crippen molar-refractivity contribution < 1.29 is 14.3 Å². The summed E-state index contributed by atoms with van der Waals surface area (Å²) in [5, 5.41) is 5.77. The van der Waals surface area contributed by atoms with E-state index < -0.39 is 5.92 Å². The van der Waals surface area contributed by atoms with Crippen LogP contribution in [0.15, 0.2) is 48.5 Å². The number of hydrogen-bond donors (Lipinski definition) is 2. The van der Waals surface area contributed by atoms with E-state index in [0.717, 1.165) is 17.1 Å². The number of carbonyl (C=O) groups is 2. The molecule has 1 heterocycles. The first-order valence-corrected chi connectivity index (χ1v) is 9.70. The topological polar surface area (TPSA) is 67.4 Å². The van der Waals surface area contributed by atoms with Gasteiger partial charge in [0, 0.05) is 30.2 Å². The number of methoxy groups -OCH3 is 1. The van der Waals surface area contributed by atoms with Gasteiger partial charge in [0.1, 0.15) is 5.75 Å². The van der Waals surface area contributed by atoms with Crippen LogP contribution in [-0.2, 0) is 15.3 Å². The lowest BCUT2D eigenvalue weighted by molar-refractivity contribution is -0.126. The molecule has 0 spiro atoms. The second-order valence-corrected chi connectivity index (χ2v) is 7.19. The SMILES string of the molecule is COc1ccc2c(c1)[C@H](C(=O)NCCSCc1ccccc1)CC(=O)N2. The van der Waals surface area contributed by atoms with E-state index in [9.17, 15) is 9.59 Å². The Kier molecular flexibility index (Phi) is 6.17. The highest BCUT2D eigenvalue weighted by Crippen LogP contribution is 2.35. The van der Waals surface area contributed by atoms with E-state index in [4.69, 9.17) is 4.74 Å². The molecule has 1 atom stereocenters. The Hall–Kier alpha value is -2.47. The Bertz CT molecular complexity index is 780. The van der Waals surface area contributed by atoms with Gasteiger partial charge in [-0.25, -0.2) is 0 Å². The molecule has 3 rings (SSSR count). The van der Waals surface area contributed by atoms with Crippen molar-refractivity contribution >= 4 is 29.3 Å². The third-order valence-electron chi connectivity index (χ3n) is 4.27. The number of rotatable bonds is 7. The lowest BCUT2D eigenvalue weighted by atomic mass is 9.89. The second-order valence-electron chi connectivity index (χ2n) is 6.09. The summed E-state index contributed by atoms with van der Waals surface area (Å²) in [6, 6.07) is 15.6. The quantitative estimate of drug-likeness (QED) is 0.735. The molecular weight excluding hydrogens is 348 g/mol. The van der Waals surface area contributed by atoms with Gasteiger partial charge in [0.2, 0.25) is 11.8 Å². The van der Waals surface area contributed by atoms with E-state index in [1.54, 1.807) is 31.0 Å². The van der Waals surface area contributed by atoms with Gasteiger partial charge >= 0.3 is 0 Å². The normalized spacial score (nSPS) is 15.7. The zero-order chi connectivity index (χ0) is 18.4. The number of ether oxygens (including phenoxy) is 1. The van der Waals surface area contributed by atoms with Crippen LogP contribution in [0, 0.1) is 0 Å². The first-order valence-electron chi connectivity index (χ1n) is 8.54. The molecule has 0 aromatic heterocycles. The maximum Gasteiger partial charge on any atom is 0.228 e. The van der Waals surface area contributed by atoms with E-state index >= 15 is 0 Å². The molecule has 1 aliphatic heterocycles. The maximum absolute atomic E-state index is 12.6. The second kappa shape index (κ2) is 8.76. The van der Waals surface area contributed by atoms with Crippen LogP contribution in [0.25, 0.3) is 0 Å². The summed E-state index contributed by atoms with van der Waals surface area (Å²) >= 11 is 1.77. The highest BCUT2D eigenvalue weighted by molar-refractivity contribution is 7.98. The largest absolute Gasteiger partial charge is 0.497 e. The van der Waals surface area contributed by atoms with Crippen LogP contribution in [0.1, 0.15) is 23.5 Å². The number of carbonyl (C=O) groups excluding carboxylic acids is 2. The highest BCUT2D eigenvalue weighted by atomic mass is 32.2. The summed E-state index contributed by atoms with van der Waals surface area (Å²) in [5.74, 6) is 1.69. The predicted octanol–water partition coefficient (Wildman–Crippen LogP) is 3.17. The molecule has 0 bridgehead atoms. The Morgan fingerprint density at radius 1 is 1.27 bits per heavy atom. The van der Waals surface area contributed by atoms with Gasteiger partial charge in [0.15, 0.2) is 0 Å². The molecule has 0 aliphatic carbocycles. The standard InChI is InChI=1S/C20H22N2O3S/c1-25-15-7-8-18-16(11-15)17(12-19(23)22-18)20(24)21-9-10-26-13-14-5-3-2-4-6-14/h2-8,11,17H,9-10,12-13H2,1H3,(H,21,24)(H,22,23)/t17-/m1/s1. The minimum Gasteiger partial charge on any atom is -0.497 e. The van der Waals surface area contributed by atoms with Crippen LogP contribution in [0.5, 0.6) is 5.75 Å². The van der Waals surface area contributed by atoms with Crippen molar-refractivity contribution in [1.82, 2.24) is 5.32 Å². The molecule has 0 unspecified atom stereocenters. The summed E-state index contributed by atoms with van der Waals surface area (Å²) in [5.41, 5.74) is 2.76. The molecule has 2 aromatic carbocycles. The average Bonchev–Trinajstić information content (AvgIpc) is 2.67. The number of anilines is 1. The van der Waals surface area contributed by atoms with Gasteiger partial charge in [-0.2, -0.15) is 11.8 Å². The van der Waals surface area contributed by atoms with Crippen LogP contribution >= 0.6 is 11.8 Å². The molecular formula is C20H22N2O3S. The van der Waals surface area contributed by atoms with E-state index in [1.807, 2.05) is 24.3 Å². The molecule has 0 radical (unpaired) electrons. The molecule has 0 fully saturated rings. The number of benzene rings is 2. The Balaban J connectivity index is 1.54. The fourth-order valence-corrected chi connectivity index (χ4v) is 3.75. The van der Waals surface area contributed by atoms with Crippen LogP contribution in [0.3, 0.4) is 0 Å². The monoisotopic (exact) mass is 370 g/mol. The van der Waals surface area contributed by atoms with Gasteiger partial charge in [-0.1, -0.05) is 30.3 Å². The van der Waals surface area contributed by atoms with Crippen molar-refractivity contribution in [3.63, 3.8) is 0 Å². The van der Waals surface area contributed by atoms with Crippen molar-refractivity contribution in [2.75, 3.05) is 24.7 Å². The molecule has 5 nitrogen and oxygen atoms in total. The summed E-state index contributed by atoms with van der Waals surface area (Å²) in [7, 11) is 1.59. The summed E-state index contributed by atoms with van der Waals surface area (Å²) in [6.07, 6.45) is 0.156. The third-order valence-corrected chi connectivity index (χ3v) is 5.30. The average molecular weight is 370 g/mol. The number of hydrogen-bond acceptors (Lipinski definition) is 4. The molecule has 136 valence electrons. The number of amides is 2. The molecule has 6 heteroatoms. The highest BCUT2D eigenvalue weighted by Gasteiger charge is 2.30. The first kappa shape index (κ1) is 18.3. The zero-order valence-electron chi connectivity index (χ0n) is 14.7. The lowest BCUT2D eigenvalue weighted by Crippen LogP contribution is -2.36. The van der Waals surface area contributed by atoms with Crippen molar-refractivity contribution in [3.05, 3.63) is 59.7 Å². The van der Waals surface area contributed by atoms with Gasteiger partial charge in [-0.15, -0.1) is 0 Å². The van der Waals surface area contributed by atoms with Crippen molar-refractivity contribution in [1.29, 1.82) is 0 Å². The molecule has 2 amide bonds. The molecule has 0 saturated carbocycles. The molecule has 26 heavy (non-hydrogen) atoms. The van der Waals surface area contributed by atoms with Gasteiger partial charge in [0.05, 0.1) is 13.0 Å². The van der Waals surface area contributed by atoms with E-state index in [0.29, 0.717) is 18.0 Å². The van der Waals surface area contributed by atoms with Crippen molar-refractivity contribution in [2.24, 2.45) is 0 Å². The minimum atomic E-state index is -0.479. The van der Waals surface area contributed by atoms with Crippen LogP contribution in [-0.4, -0.2) is 31.2 Å². The third kappa shape index (κ3) is 4.58. The van der Waals surface area contributed by atoms with E-state index in [-0.39, 0.29) is 18.2 Å². The molecule has 1 aliphatic rings. The van der Waals surface area contributed by atoms with Crippen LogP contribution in [0.2, 0.25) is 0 Å². The molecule has 2 aromatic rings. The predicted molar refractivity (Wildman–Crippen MR) is 105 cm³/mol. The zero-order valence-corrected chi connectivity index (χ0v) is 15.5. The fourth-order valence-electron chi connectivity index (χ4n) is 2.93. The fraction of sp³-hybridized carbons (Fsp3) is 0.300.